The van der Waals surface area contributed by atoms with Crippen LogP contribution in [0.25, 0.3) is 6.08 Å². The maximum Gasteiger partial charge on any atom is 0.113 e. The molecule has 1 heteroatoms. The first kappa shape index (κ1) is 9.32. The minimum Gasteiger partial charge on any atom is -0.496 e. The van der Waals surface area contributed by atoms with E-state index in [2.05, 4.69) is 38.1 Å². The Kier molecular flexibility index (Phi) is 2.58. The summed E-state index contributed by atoms with van der Waals surface area (Å²) in [6, 6.07) is 6.44. The lowest BCUT2D eigenvalue weighted by Crippen LogP contribution is -2.02. The van der Waals surface area contributed by atoms with Crippen molar-refractivity contribution < 1.29 is 4.74 Å². The molecule has 1 aliphatic rings. The summed E-state index contributed by atoms with van der Waals surface area (Å²) in [6.45, 7) is 5.05. The van der Waals surface area contributed by atoms with Crippen LogP contribution in [-0.2, 0) is 17.8 Å². The van der Waals surface area contributed by atoms with Gasteiger partial charge < -0.3 is 4.74 Å². The summed E-state index contributed by atoms with van der Waals surface area (Å²) in [4.78, 5) is 0. The zero-order chi connectivity index (χ0) is 9.97. The van der Waals surface area contributed by atoms with Crippen LogP contribution >= 0.6 is 0 Å². The first-order chi connectivity index (χ1) is 6.77. The molecule has 0 bridgehead atoms. The van der Waals surface area contributed by atoms with Crippen LogP contribution in [0.3, 0.4) is 0 Å². The SMILES string of the molecule is C[C](C)Cc1cccc2c1C=COC2. The van der Waals surface area contributed by atoms with Crippen molar-refractivity contribution in [2.45, 2.75) is 26.9 Å². The molecule has 0 atom stereocenters. The van der Waals surface area contributed by atoms with Gasteiger partial charge in [-0.05, 0) is 35.1 Å². The van der Waals surface area contributed by atoms with Crippen molar-refractivity contribution in [3.05, 3.63) is 47.1 Å². The topological polar surface area (TPSA) is 9.23 Å². The Labute approximate surface area is 85.4 Å². The number of hydrogen-bond donors (Lipinski definition) is 0. The fraction of sp³-hybridized carbons (Fsp3) is 0.308. The van der Waals surface area contributed by atoms with Crippen LogP contribution in [0.15, 0.2) is 24.5 Å². The zero-order valence-corrected chi connectivity index (χ0v) is 8.71. The lowest BCUT2D eigenvalue weighted by molar-refractivity contribution is 0.234. The Balaban J connectivity index is 2.37. The molecule has 1 radical (unpaired) electrons. The molecular formula is C13H15O. The van der Waals surface area contributed by atoms with E-state index in [9.17, 15) is 0 Å². The summed E-state index contributed by atoms with van der Waals surface area (Å²) >= 11 is 0. The molecule has 1 nitrogen and oxygen atoms in total. The van der Waals surface area contributed by atoms with Crippen LogP contribution in [0.2, 0.25) is 0 Å². The van der Waals surface area contributed by atoms with Crippen LogP contribution in [0.5, 0.6) is 0 Å². The Morgan fingerprint density at radius 1 is 1.36 bits per heavy atom. The van der Waals surface area contributed by atoms with Gasteiger partial charge in [0.1, 0.15) is 6.61 Å². The van der Waals surface area contributed by atoms with Crippen molar-refractivity contribution in [2.75, 3.05) is 0 Å². The van der Waals surface area contributed by atoms with Gasteiger partial charge in [0.05, 0.1) is 6.26 Å². The highest BCUT2D eigenvalue weighted by Crippen LogP contribution is 2.23. The average Bonchev–Trinajstić information content (AvgIpc) is 2.18. The molecule has 0 unspecified atom stereocenters. The second-order valence-electron chi connectivity index (χ2n) is 3.99. The van der Waals surface area contributed by atoms with Gasteiger partial charge in [-0.15, -0.1) is 0 Å². The average molecular weight is 187 g/mol. The highest BCUT2D eigenvalue weighted by Gasteiger charge is 2.10. The molecule has 1 aromatic carbocycles. The molecule has 0 N–H and O–H groups in total. The molecule has 0 saturated heterocycles. The van der Waals surface area contributed by atoms with Crippen molar-refractivity contribution in [1.29, 1.82) is 0 Å². The number of rotatable bonds is 2. The molecule has 0 spiro atoms. The summed E-state index contributed by atoms with van der Waals surface area (Å²) in [5.74, 6) is 1.44. The highest BCUT2D eigenvalue weighted by molar-refractivity contribution is 5.59. The normalized spacial score (nSPS) is 13.9. The summed E-state index contributed by atoms with van der Waals surface area (Å²) in [5.41, 5.74) is 4.05. The van der Waals surface area contributed by atoms with Crippen LogP contribution < -0.4 is 0 Å². The van der Waals surface area contributed by atoms with Gasteiger partial charge >= 0.3 is 0 Å². The number of benzene rings is 1. The molecule has 1 heterocycles. The highest BCUT2D eigenvalue weighted by atomic mass is 16.5. The van der Waals surface area contributed by atoms with Gasteiger partial charge in [0, 0.05) is 0 Å². The third kappa shape index (κ3) is 1.82. The van der Waals surface area contributed by atoms with Gasteiger partial charge in [0.15, 0.2) is 0 Å². The number of fused-ring (bicyclic) bond motifs is 1. The minimum atomic E-state index is 0.711. The van der Waals surface area contributed by atoms with Gasteiger partial charge in [-0.3, -0.25) is 0 Å². The summed E-state index contributed by atoms with van der Waals surface area (Å²) in [6.07, 6.45) is 4.92. The van der Waals surface area contributed by atoms with E-state index in [0.29, 0.717) is 6.61 Å². The fourth-order valence-corrected chi connectivity index (χ4v) is 1.80. The minimum absolute atomic E-state index is 0.711. The maximum absolute atomic E-state index is 5.27. The van der Waals surface area contributed by atoms with Crippen LogP contribution in [0.1, 0.15) is 30.5 Å². The van der Waals surface area contributed by atoms with Crippen molar-refractivity contribution in [1.82, 2.24) is 0 Å². The van der Waals surface area contributed by atoms with Gasteiger partial charge in [-0.1, -0.05) is 32.0 Å². The standard InChI is InChI=1S/C13H15O/c1-10(2)8-11-4-3-5-12-9-14-7-6-13(11)12/h3-7H,8-9H2,1-2H3. The predicted molar refractivity (Wildman–Crippen MR) is 58.6 cm³/mol. The second kappa shape index (κ2) is 3.87. The zero-order valence-electron chi connectivity index (χ0n) is 8.71. The summed E-state index contributed by atoms with van der Waals surface area (Å²) < 4.78 is 5.27. The fourth-order valence-electron chi connectivity index (χ4n) is 1.80. The van der Waals surface area contributed by atoms with E-state index in [1.54, 1.807) is 6.26 Å². The molecule has 0 amide bonds. The summed E-state index contributed by atoms with van der Waals surface area (Å²) in [5, 5.41) is 0. The first-order valence-corrected chi connectivity index (χ1v) is 4.95. The van der Waals surface area contributed by atoms with E-state index >= 15 is 0 Å². The van der Waals surface area contributed by atoms with Gasteiger partial charge in [0.25, 0.3) is 0 Å². The number of hydrogen-bond acceptors (Lipinski definition) is 1. The number of ether oxygens (including phenoxy) is 1. The van der Waals surface area contributed by atoms with E-state index in [1.165, 1.54) is 22.6 Å². The Bertz CT molecular complexity index is 350. The van der Waals surface area contributed by atoms with Crippen LogP contribution in [0, 0.1) is 5.92 Å². The van der Waals surface area contributed by atoms with E-state index in [1.807, 2.05) is 0 Å². The molecule has 0 fully saturated rings. The van der Waals surface area contributed by atoms with E-state index in [0.717, 1.165) is 6.42 Å². The predicted octanol–water partition coefficient (Wildman–Crippen LogP) is 3.34. The molecule has 14 heavy (non-hydrogen) atoms. The molecule has 1 aromatic rings. The lowest BCUT2D eigenvalue weighted by atomic mass is 9.94. The van der Waals surface area contributed by atoms with Crippen LogP contribution in [0.4, 0.5) is 0 Å². The quantitative estimate of drug-likeness (QED) is 0.690. The van der Waals surface area contributed by atoms with Crippen molar-refractivity contribution in [3.8, 4) is 0 Å². The Morgan fingerprint density at radius 2 is 2.21 bits per heavy atom. The van der Waals surface area contributed by atoms with Gasteiger partial charge in [0.2, 0.25) is 0 Å². The first-order valence-electron chi connectivity index (χ1n) is 4.95. The van der Waals surface area contributed by atoms with E-state index < -0.39 is 0 Å². The lowest BCUT2D eigenvalue weighted by Gasteiger charge is -2.16. The largest absolute Gasteiger partial charge is 0.496 e. The van der Waals surface area contributed by atoms with E-state index in [-0.39, 0.29) is 0 Å². The van der Waals surface area contributed by atoms with Crippen LogP contribution in [-0.4, -0.2) is 0 Å². The Morgan fingerprint density at radius 3 is 3.00 bits per heavy atom. The van der Waals surface area contributed by atoms with E-state index in [4.69, 9.17) is 4.74 Å². The van der Waals surface area contributed by atoms with Gasteiger partial charge in [-0.2, -0.15) is 0 Å². The molecule has 2 rings (SSSR count). The van der Waals surface area contributed by atoms with Crippen molar-refractivity contribution >= 4 is 6.08 Å². The van der Waals surface area contributed by atoms with Crippen molar-refractivity contribution in [2.24, 2.45) is 0 Å². The molecule has 0 aromatic heterocycles. The second-order valence-corrected chi connectivity index (χ2v) is 3.99. The molecular weight excluding hydrogens is 172 g/mol. The maximum atomic E-state index is 5.27. The third-order valence-electron chi connectivity index (χ3n) is 2.40. The van der Waals surface area contributed by atoms with Crippen molar-refractivity contribution in [3.63, 3.8) is 0 Å². The van der Waals surface area contributed by atoms with Gasteiger partial charge in [-0.25, -0.2) is 0 Å². The monoisotopic (exact) mass is 187 g/mol. The third-order valence-corrected chi connectivity index (χ3v) is 2.40. The Hall–Kier alpha value is -1.24. The molecule has 0 saturated carbocycles. The smallest absolute Gasteiger partial charge is 0.113 e. The molecule has 73 valence electrons. The molecule has 0 aliphatic carbocycles. The summed E-state index contributed by atoms with van der Waals surface area (Å²) in [7, 11) is 0. The molecule has 1 aliphatic heterocycles.